The molecule has 0 bridgehead atoms. The molecule has 1 N–H and O–H groups in total. The summed E-state index contributed by atoms with van der Waals surface area (Å²) in [5, 5.41) is 13.1. The number of ether oxygens (including phenoxy) is 1. The molecule has 9 nitrogen and oxygen atoms in total. The molecule has 2 aromatic rings. The predicted octanol–water partition coefficient (Wildman–Crippen LogP) is 1.84. The number of amides is 2. The van der Waals surface area contributed by atoms with Crippen molar-refractivity contribution >= 4 is 23.5 Å². The molecule has 1 heterocycles. The zero-order chi connectivity index (χ0) is 21.7. The molecule has 0 unspecified atom stereocenters. The van der Waals surface area contributed by atoms with Crippen molar-refractivity contribution in [1.29, 1.82) is 0 Å². The number of carbonyl (C=O) groups excluding carboxylic acids is 3. The van der Waals surface area contributed by atoms with Crippen LogP contribution in [-0.4, -0.2) is 46.8 Å². The Labute approximate surface area is 172 Å². The fourth-order valence-corrected chi connectivity index (χ4v) is 3.25. The van der Waals surface area contributed by atoms with Gasteiger partial charge in [0.2, 0.25) is 0 Å². The van der Waals surface area contributed by atoms with Crippen molar-refractivity contribution < 1.29 is 24.0 Å². The van der Waals surface area contributed by atoms with Crippen molar-refractivity contribution in [3.63, 3.8) is 0 Å². The van der Waals surface area contributed by atoms with Crippen LogP contribution in [-0.2, 0) is 27.3 Å². The van der Waals surface area contributed by atoms with E-state index in [2.05, 4.69) is 5.32 Å². The van der Waals surface area contributed by atoms with E-state index in [1.165, 1.54) is 30.7 Å². The molecular formula is C21H21N3O6. The van der Waals surface area contributed by atoms with Crippen molar-refractivity contribution in [2.75, 3.05) is 13.1 Å². The molecule has 2 amide bonds. The summed E-state index contributed by atoms with van der Waals surface area (Å²) in [6, 6.07) is 13.0. The molecule has 0 spiro atoms. The Bertz CT molecular complexity index is 990. The van der Waals surface area contributed by atoms with E-state index in [4.69, 9.17) is 4.74 Å². The predicted molar refractivity (Wildman–Crippen MR) is 107 cm³/mol. The lowest BCUT2D eigenvalue weighted by atomic mass is 9.99. The highest BCUT2D eigenvalue weighted by Gasteiger charge is 2.27. The van der Waals surface area contributed by atoms with Gasteiger partial charge in [-0.1, -0.05) is 30.3 Å². The molecule has 30 heavy (non-hydrogen) atoms. The Kier molecular flexibility index (Phi) is 6.41. The monoisotopic (exact) mass is 411 g/mol. The second-order valence-corrected chi connectivity index (χ2v) is 6.90. The van der Waals surface area contributed by atoms with E-state index in [1.54, 1.807) is 4.90 Å². The van der Waals surface area contributed by atoms with Gasteiger partial charge in [-0.25, -0.2) is 0 Å². The Morgan fingerprint density at radius 2 is 1.90 bits per heavy atom. The van der Waals surface area contributed by atoms with Crippen molar-refractivity contribution in [2.45, 2.75) is 26.0 Å². The zero-order valence-electron chi connectivity index (χ0n) is 16.4. The maximum absolute atomic E-state index is 12.6. The van der Waals surface area contributed by atoms with Crippen molar-refractivity contribution in [3.05, 3.63) is 75.3 Å². The number of hydrogen-bond donors (Lipinski definition) is 1. The van der Waals surface area contributed by atoms with Gasteiger partial charge in [0, 0.05) is 30.8 Å². The van der Waals surface area contributed by atoms with Gasteiger partial charge in [-0.05, 0) is 30.5 Å². The molecule has 2 aromatic carbocycles. The molecule has 9 heteroatoms. The van der Waals surface area contributed by atoms with Crippen LogP contribution >= 0.6 is 0 Å². The van der Waals surface area contributed by atoms with Crippen molar-refractivity contribution in [3.8, 4) is 0 Å². The minimum atomic E-state index is -0.988. The lowest BCUT2D eigenvalue weighted by Gasteiger charge is -2.30. The van der Waals surface area contributed by atoms with Crippen LogP contribution in [0, 0.1) is 10.1 Å². The summed E-state index contributed by atoms with van der Waals surface area (Å²) in [7, 11) is 0. The molecule has 0 aromatic heterocycles. The molecule has 1 atom stereocenters. The Balaban J connectivity index is 1.50. The summed E-state index contributed by atoms with van der Waals surface area (Å²) >= 11 is 0. The molecule has 0 aliphatic carbocycles. The number of nitro groups is 1. The maximum atomic E-state index is 12.6. The lowest BCUT2D eigenvalue weighted by Crippen LogP contribution is -2.43. The number of carbonyl (C=O) groups is 3. The number of hydrogen-bond acceptors (Lipinski definition) is 6. The largest absolute Gasteiger partial charge is 0.451 e. The molecule has 1 aliphatic rings. The van der Waals surface area contributed by atoms with Crippen LogP contribution in [0.25, 0.3) is 0 Å². The smallest absolute Gasteiger partial charge is 0.326 e. The van der Waals surface area contributed by atoms with Gasteiger partial charge < -0.3 is 15.0 Å². The second kappa shape index (κ2) is 9.17. The molecule has 156 valence electrons. The number of nitrogens with zero attached hydrogens (tertiary/aromatic N) is 2. The highest BCUT2D eigenvalue weighted by molar-refractivity contribution is 5.96. The van der Waals surface area contributed by atoms with E-state index in [0.29, 0.717) is 13.1 Å². The zero-order valence-corrected chi connectivity index (χ0v) is 16.4. The summed E-state index contributed by atoms with van der Waals surface area (Å²) < 4.78 is 5.15. The average molecular weight is 411 g/mol. The van der Waals surface area contributed by atoms with E-state index in [1.807, 2.05) is 24.3 Å². The van der Waals surface area contributed by atoms with E-state index in [0.717, 1.165) is 18.1 Å². The average Bonchev–Trinajstić information content (AvgIpc) is 2.76. The van der Waals surface area contributed by atoms with Gasteiger partial charge >= 0.3 is 5.97 Å². The van der Waals surface area contributed by atoms with Crippen LogP contribution in [0.15, 0.2) is 48.5 Å². The third-order valence-corrected chi connectivity index (χ3v) is 4.81. The highest BCUT2D eigenvalue weighted by atomic mass is 16.6. The summed E-state index contributed by atoms with van der Waals surface area (Å²) in [6.07, 6.45) is -0.251. The fraction of sp³-hybridized carbons (Fsp3) is 0.286. The molecule has 0 fully saturated rings. The van der Waals surface area contributed by atoms with Crippen LogP contribution in [0.4, 0.5) is 5.69 Å². The number of rotatable bonds is 6. The van der Waals surface area contributed by atoms with E-state index >= 15 is 0 Å². The molecular weight excluding hydrogens is 390 g/mol. The third-order valence-electron chi connectivity index (χ3n) is 4.81. The second-order valence-electron chi connectivity index (χ2n) is 6.90. The standard InChI is InChI=1S/C21H21N3O6/c1-14(21(27)23-10-9-15-5-2-3-6-17(15)13-23)30-19(25)12-22-20(26)16-7-4-8-18(11-16)24(28)29/h2-8,11,14H,9-10,12-13H2,1H3,(H,22,26)/t14-/m0/s1. The minimum Gasteiger partial charge on any atom is -0.451 e. The summed E-state index contributed by atoms with van der Waals surface area (Å²) in [6.45, 7) is 2.03. The van der Waals surface area contributed by atoms with Crippen LogP contribution in [0.5, 0.6) is 0 Å². The van der Waals surface area contributed by atoms with Gasteiger partial charge in [-0.3, -0.25) is 24.5 Å². The maximum Gasteiger partial charge on any atom is 0.326 e. The summed E-state index contributed by atoms with van der Waals surface area (Å²) in [4.78, 5) is 48.5. The highest BCUT2D eigenvalue weighted by Crippen LogP contribution is 2.19. The van der Waals surface area contributed by atoms with Crippen LogP contribution in [0.3, 0.4) is 0 Å². The first-order chi connectivity index (χ1) is 14.3. The molecule has 3 rings (SSSR count). The number of non-ortho nitro benzene ring substituents is 1. The van der Waals surface area contributed by atoms with Crippen molar-refractivity contribution in [1.82, 2.24) is 10.2 Å². The Morgan fingerprint density at radius 1 is 1.17 bits per heavy atom. The fourth-order valence-electron chi connectivity index (χ4n) is 3.25. The van der Waals surface area contributed by atoms with Crippen molar-refractivity contribution in [2.24, 2.45) is 0 Å². The Hall–Kier alpha value is -3.75. The number of benzene rings is 2. The van der Waals surface area contributed by atoms with Gasteiger partial charge in [0.15, 0.2) is 6.10 Å². The molecule has 0 saturated heterocycles. The Morgan fingerprint density at radius 3 is 2.63 bits per heavy atom. The van der Waals surface area contributed by atoms with Crippen LogP contribution in [0.2, 0.25) is 0 Å². The number of nitrogens with one attached hydrogen (secondary N) is 1. The third kappa shape index (κ3) is 4.99. The van der Waals surface area contributed by atoms with Gasteiger partial charge in [-0.2, -0.15) is 0 Å². The number of nitro benzene ring substituents is 1. The van der Waals surface area contributed by atoms with E-state index in [9.17, 15) is 24.5 Å². The molecule has 0 saturated carbocycles. The minimum absolute atomic E-state index is 0.0492. The quantitative estimate of drug-likeness (QED) is 0.440. The normalized spacial score (nSPS) is 13.7. The SMILES string of the molecule is C[C@H](OC(=O)CNC(=O)c1cccc([N+](=O)[O-])c1)C(=O)N1CCc2ccccc2C1. The van der Waals surface area contributed by atoms with Gasteiger partial charge in [-0.15, -0.1) is 0 Å². The topological polar surface area (TPSA) is 119 Å². The summed E-state index contributed by atoms with van der Waals surface area (Å²) in [5.41, 5.74) is 2.09. The van der Waals surface area contributed by atoms with E-state index < -0.39 is 29.4 Å². The first-order valence-electron chi connectivity index (χ1n) is 9.43. The van der Waals surface area contributed by atoms with Gasteiger partial charge in [0.25, 0.3) is 17.5 Å². The molecule has 0 radical (unpaired) electrons. The summed E-state index contributed by atoms with van der Waals surface area (Å²) in [5.74, 6) is -1.72. The van der Waals surface area contributed by atoms with E-state index in [-0.39, 0.29) is 17.2 Å². The first kappa shape index (κ1) is 21.0. The van der Waals surface area contributed by atoms with Crippen LogP contribution < -0.4 is 5.32 Å². The number of esters is 1. The van der Waals surface area contributed by atoms with Gasteiger partial charge in [0.05, 0.1) is 4.92 Å². The lowest BCUT2D eigenvalue weighted by molar-refractivity contribution is -0.384. The van der Waals surface area contributed by atoms with Gasteiger partial charge in [0.1, 0.15) is 6.54 Å². The first-order valence-corrected chi connectivity index (χ1v) is 9.43. The number of fused-ring (bicyclic) bond motifs is 1. The van der Waals surface area contributed by atoms with Crippen LogP contribution in [0.1, 0.15) is 28.4 Å². The molecule has 1 aliphatic heterocycles.